The molecule has 0 unspecified atom stereocenters. The fraction of sp³-hybridized carbons (Fsp3) is 0.714. The van der Waals surface area contributed by atoms with E-state index in [9.17, 15) is 0 Å². The first-order chi connectivity index (χ1) is 8.66. The molecule has 1 N–H and O–H groups in total. The SMILES string of the molecule is COC1(c2ncc(CNCC(C)C)cn2)CCC1. The smallest absolute Gasteiger partial charge is 0.160 e. The van der Waals surface area contributed by atoms with Crippen molar-refractivity contribution in [2.75, 3.05) is 13.7 Å². The van der Waals surface area contributed by atoms with E-state index in [1.54, 1.807) is 7.11 Å². The highest BCUT2D eigenvalue weighted by Gasteiger charge is 2.41. The molecular weight excluding hydrogens is 226 g/mol. The minimum Gasteiger partial charge on any atom is -0.370 e. The number of rotatable bonds is 6. The van der Waals surface area contributed by atoms with Gasteiger partial charge in [-0.1, -0.05) is 13.8 Å². The van der Waals surface area contributed by atoms with Crippen LogP contribution in [0.5, 0.6) is 0 Å². The van der Waals surface area contributed by atoms with Crippen molar-refractivity contribution in [1.82, 2.24) is 15.3 Å². The summed E-state index contributed by atoms with van der Waals surface area (Å²) in [5.41, 5.74) is 0.925. The van der Waals surface area contributed by atoms with Crippen LogP contribution in [0, 0.1) is 5.92 Å². The molecule has 4 heteroatoms. The van der Waals surface area contributed by atoms with Gasteiger partial charge in [-0.15, -0.1) is 0 Å². The molecule has 1 aromatic heterocycles. The van der Waals surface area contributed by atoms with Crippen LogP contribution in [0.25, 0.3) is 0 Å². The third kappa shape index (κ3) is 2.87. The molecule has 0 atom stereocenters. The molecule has 1 aliphatic rings. The van der Waals surface area contributed by atoms with Crippen molar-refractivity contribution in [2.24, 2.45) is 5.92 Å². The van der Waals surface area contributed by atoms with Crippen molar-refractivity contribution in [1.29, 1.82) is 0 Å². The molecule has 0 spiro atoms. The third-order valence-electron chi connectivity index (χ3n) is 3.55. The monoisotopic (exact) mass is 249 g/mol. The Morgan fingerprint density at radius 3 is 2.44 bits per heavy atom. The lowest BCUT2D eigenvalue weighted by atomic mass is 9.79. The molecule has 0 radical (unpaired) electrons. The maximum atomic E-state index is 5.57. The van der Waals surface area contributed by atoms with Crippen LogP contribution in [0.4, 0.5) is 0 Å². The Labute approximate surface area is 109 Å². The molecule has 0 amide bonds. The van der Waals surface area contributed by atoms with Gasteiger partial charge in [0.05, 0.1) is 0 Å². The lowest BCUT2D eigenvalue weighted by molar-refractivity contribution is -0.0847. The summed E-state index contributed by atoms with van der Waals surface area (Å²) in [5, 5.41) is 3.39. The largest absolute Gasteiger partial charge is 0.370 e. The van der Waals surface area contributed by atoms with Crippen molar-refractivity contribution < 1.29 is 4.74 Å². The fourth-order valence-electron chi connectivity index (χ4n) is 2.20. The Balaban J connectivity index is 1.93. The zero-order valence-electron chi connectivity index (χ0n) is 11.6. The molecule has 4 nitrogen and oxygen atoms in total. The van der Waals surface area contributed by atoms with Crippen LogP contribution < -0.4 is 5.32 Å². The molecule has 1 heterocycles. The Kier molecular flexibility index (Phi) is 4.30. The third-order valence-corrected chi connectivity index (χ3v) is 3.55. The minimum atomic E-state index is -0.204. The zero-order valence-corrected chi connectivity index (χ0v) is 11.6. The van der Waals surface area contributed by atoms with Gasteiger partial charge >= 0.3 is 0 Å². The minimum absolute atomic E-state index is 0.204. The van der Waals surface area contributed by atoms with E-state index in [0.29, 0.717) is 5.92 Å². The molecule has 0 bridgehead atoms. The van der Waals surface area contributed by atoms with Gasteiger partial charge in [0.15, 0.2) is 5.82 Å². The van der Waals surface area contributed by atoms with E-state index in [1.807, 2.05) is 12.4 Å². The van der Waals surface area contributed by atoms with E-state index >= 15 is 0 Å². The van der Waals surface area contributed by atoms with Crippen LogP contribution in [-0.2, 0) is 16.9 Å². The lowest BCUT2D eigenvalue weighted by Crippen LogP contribution is -2.38. The number of hydrogen-bond donors (Lipinski definition) is 1. The number of methoxy groups -OCH3 is 1. The van der Waals surface area contributed by atoms with Gasteiger partial charge in [0.25, 0.3) is 0 Å². The van der Waals surface area contributed by atoms with Gasteiger partial charge in [-0.3, -0.25) is 0 Å². The molecule has 1 aliphatic carbocycles. The zero-order chi connectivity index (χ0) is 13.0. The van der Waals surface area contributed by atoms with Crippen LogP contribution in [0.1, 0.15) is 44.5 Å². The topological polar surface area (TPSA) is 47.0 Å². The van der Waals surface area contributed by atoms with E-state index in [4.69, 9.17) is 4.74 Å². The van der Waals surface area contributed by atoms with Crippen LogP contribution in [0.2, 0.25) is 0 Å². The Bertz CT molecular complexity index is 366. The Hall–Kier alpha value is -1.00. The normalized spacial score (nSPS) is 17.8. The molecule has 1 aromatic rings. The number of hydrogen-bond acceptors (Lipinski definition) is 4. The maximum absolute atomic E-state index is 5.57. The summed E-state index contributed by atoms with van der Waals surface area (Å²) in [4.78, 5) is 8.93. The number of aromatic nitrogens is 2. The molecule has 2 rings (SSSR count). The highest BCUT2D eigenvalue weighted by Crippen LogP contribution is 2.42. The summed E-state index contributed by atoms with van der Waals surface area (Å²) in [7, 11) is 1.75. The molecule has 0 aliphatic heterocycles. The quantitative estimate of drug-likeness (QED) is 0.840. The lowest BCUT2D eigenvalue weighted by Gasteiger charge is -2.38. The summed E-state index contributed by atoms with van der Waals surface area (Å²) < 4.78 is 5.57. The van der Waals surface area contributed by atoms with Gasteiger partial charge in [-0.2, -0.15) is 0 Å². The average Bonchev–Trinajstić information content (AvgIpc) is 2.30. The summed E-state index contributed by atoms with van der Waals surface area (Å²) in [6, 6.07) is 0. The maximum Gasteiger partial charge on any atom is 0.160 e. The first kappa shape index (κ1) is 13.4. The van der Waals surface area contributed by atoms with Crippen molar-refractivity contribution in [2.45, 2.75) is 45.3 Å². The highest BCUT2D eigenvalue weighted by molar-refractivity contribution is 5.12. The molecule has 18 heavy (non-hydrogen) atoms. The van der Waals surface area contributed by atoms with Gasteiger partial charge in [-0.25, -0.2) is 9.97 Å². The molecule has 100 valence electrons. The highest BCUT2D eigenvalue weighted by atomic mass is 16.5. The van der Waals surface area contributed by atoms with Gasteiger partial charge in [0, 0.05) is 31.6 Å². The second kappa shape index (κ2) is 5.76. The number of ether oxygens (including phenoxy) is 1. The van der Waals surface area contributed by atoms with Crippen LogP contribution in [-0.4, -0.2) is 23.6 Å². The van der Waals surface area contributed by atoms with Gasteiger partial charge in [0.1, 0.15) is 5.60 Å². The van der Waals surface area contributed by atoms with E-state index in [1.165, 1.54) is 6.42 Å². The summed E-state index contributed by atoms with van der Waals surface area (Å²) >= 11 is 0. The van der Waals surface area contributed by atoms with E-state index < -0.39 is 0 Å². The average molecular weight is 249 g/mol. The predicted molar refractivity (Wildman–Crippen MR) is 71.1 cm³/mol. The summed E-state index contributed by atoms with van der Waals surface area (Å²) in [5.74, 6) is 1.50. The first-order valence-corrected chi connectivity index (χ1v) is 6.73. The van der Waals surface area contributed by atoms with Gasteiger partial charge in [-0.05, 0) is 31.7 Å². The fourth-order valence-corrected chi connectivity index (χ4v) is 2.20. The van der Waals surface area contributed by atoms with Crippen LogP contribution in [0.15, 0.2) is 12.4 Å². The second-order valence-electron chi connectivity index (χ2n) is 5.49. The van der Waals surface area contributed by atoms with Crippen molar-refractivity contribution in [3.05, 3.63) is 23.8 Å². The van der Waals surface area contributed by atoms with Crippen molar-refractivity contribution in [3.8, 4) is 0 Å². The van der Waals surface area contributed by atoms with E-state index in [-0.39, 0.29) is 5.60 Å². The van der Waals surface area contributed by atoms with Crippen LogP contribution >= 0.6 is 0 Å². The summed E-state index contributed by atoms with van der Waals surface area (Å²) in [6.07, 6.45) is 7.10. The van der Waals surface area contributed by atoms with Gasteiger partial charge < -0.3 is 10.1 Å². The number of nitrogens with zero attached hydrogens (tertiary/aromatic N) is 2. The first-order valence-electron chi connectivity index (χ1n) is 6.73. The molecule has 1 saturated carbocycles. The van der Waals surface area contributed by atoms with Gasteiger partial charge in [0.2, 0.25) is 0 Å². The Morgan fingerprint density at radius 1 is 1.33 bits per heavy atom. The number of nitrogens with one attached hydrogen (secondary N) is 1. The molecule has 0 aromatic carbocycles. The predicted octanol–water partition coefficient (Wildman–Crippen LogP) is 2.25. The molecular formula is C14H23N3O. The van der Waals surface area contributed by atoms with Crippen LogP contribution in [0.3, 0.4) is 0 Å². The van der Waals surface area contributed by atoms with E-state index in [2.05, 4.69) is 29.1 Å². The second-order valence-corrected chi connectivity index (χ2v) is 5.49. The van der Waals surface area contributed by atoms with Crippen molar-refractivity contribution in [3.63, 3.8) is 0 Å². The van der Waals surface area contributed by atoms with E-state index in [0.717, 1.165) is 37.3 Å². The van der Waals surface area contributed by atoms with Crippen molar-refractivity contribution >= 4 is 0 Å². The standard InChI is InChI=1S/C14H23N3O/c1-11(2)7-15-8-12-9-16-13(17-10-12)14(18-3)5-4-6-14/h9-11,15H,4-8H2,1-3H3. The molecule has 0 saturated heterocycles. The Morgan fingerprint density at radius 2 is 2.00 bits per heavy atom. The molecule has 1 fully saturated rings. The summed E-state index contributed by atoms with van der Waals surface area (Å²) in [6.45, 7) is 6.25.